The van der Waals surface area contributed by atoms with E-state index in [0.717, 1.165) is 0 Å². The van der Waals surface area contributed by atoms with E-state index in [1.807, 2.05) is 11.8 Å². The van der Waals surface area contributed by atoms with Gasteiger partial charge in [0.15, 0.2) is 0 Å². The van der Waals surface area contributed by atoms with Crippen molar-refractivity contribution in [3.63, 3.8) is 0 Å². The van der Waals surface area contributed by atoms with Crippen molar-refractivity contribution in [1.29, 1.82) is 0 Å². The van der Waals surface area contributed by atoms with E-state index >= 15 is 0 Å². The molecule has 0 radical (unpaired) electrons. The van der Waals surface area contributed by atoms with Crippen LogP contribution < -0.4 is 10.2 Å². The second-order valence-electron chi connectivity index (χ2n) is 5.37. The minimum atomic E-state index is -0.416. The number of anilines is 1. The molecule has 1 aliphatic rings. The molecule has 1 aliphatic heterocycles. The molecular weight excluding hydrogens is 287 g/mol. The first-order valence-electron chi connectivity index (χ1n) is 7.70. The number of benzene rings is 1. The van der Waals surface area contributed by atoms with Crippen LogP contribution >= 0.6 is 0 Å². The van der Waals surface area contributed by atoms with Crippen molar-refractivity contribution in [3.8, 4) is 0 Å². The standard InChI is InChI=1S/C16H23FN2O3/c1-2-13(20)5-6-18-16(21)12-3-4-15(14(17)11-12)19-7-9-22-10-8-19/h3-4,11,13,20H,2,5-10H2,1H3,(H,18,21). The van der Waals surface area contributed by atoms with Crippen LogP contribution in [0.25, 0.3) is 0 Å². The Labute approximate surface area is 130 Å². The van der Waals surface area contributed by atoms with Gasteiger partial charge >= 0.3 is 0 Å². The molecule has 22 heavy (non-hydrogen) atoms. The molecule has 0 bridgehead atoms. The monoisotopic (exact) mass is 310 g/mol. The molecule has 0 aliphatic carbocycles. The third-order valence-electron chi connectivity index (χ3n) is 3.80. The van der Waals surface area contributed by atoms with Gasteiger partial charge in [-0.2, -0.15) is 0 Å². The van der Waals surface area contributed by atoms with Gasteiger partial charge in [0.1, 0.15) is 5.82 Å². The van der Waals surface area contributed by atoms with Gasteiger partial charge in [-0.1, -0.05) is 6.92 Å². The molecule has 6 heteroatoms. The van der Waals surface area contributed by atoms with Crippen molar-refractivity contribution in [1.82, 2.24) is 5.32 Å². The number of carbonyl (C=O) groups excluding carboxylic acids is 1. The first kappa shape index (κ1) is 16.7. The van der Waals surface area contributed by atoms with Crippen LogP contribution in [0.15, 0.2) is 18.2 Å². The van der Waals surface area contributed by atoms with Crippen molar-refractivity contribution >= 4 is 11.6 Å². The summed E-state index contributed by atoms with van der Waals surface area (Å²) >= 11 is 0. The van der Waals surface area contributed by atoms with Crippen LogP contribution in [-0.4, -0.2) is 50.0 Å². The van der Waals surface area contributed by atoms with Gasteiger partial charge in [0.25, 0.3) is 5.91 Å². The predicted molar refractivity (Wildman–Crippen MR) is 82.7 cm³/mol. The zero-order valence-electron chi connectivity index (χ0n) is 12.8. The van der Waals surface area contributed by atoms with Crippen molar-refractivity contribution in [2.45, 2.75) is 25.9 Å². The highest BCUT2D eigenvalue weighted by atomic mass is 19.1. The molecule has 2 rings (SSSR count). The zero-order valence-corrected chi connectivity index (χ0v) is 12.8. The molecule has 1 saturated heterocycles. The molecule has 1 fully saturated rings. The van der Waals surface area contributed by atoms with Crippen LogP contribution in [0.1, 0.15) is 30.1 Å². The van der Waals surface area contributed by atoms with Gasteiger partial charge in [0.05, 0.1) is 25.0 Å². The van der Waals surface area contributed by atoms with Gasteiger partial charge in [-0.25, -0.2) is 4.39 Å². The number of rotatable bonds is 6. The number of hydrogen-bond donors (Lipinski definition) is 2. The average molecular weight is 310 g/mol. The summed E-state index contributed by atoms with van der Waals surface area (Å²) in [5.74, 6) is -0.723. The van der Waals surface area contributed by atoms with E-state index in [2.05, 4.69) is 5.32 Å². The van der Waals surface area contributed by atoms with E-state index in [-0.39, 0.29) is 5.91 Å². The van der Waals surface area contributed by atoms with Gasteiger partial charge in [-0.05, 0) is 31.0 Å². The Kier molecular flexibility index (Phi) is 6.15. The summed E-state index contributed by atoms with van der Waals surface area (Å²) in [4.78, 5) is 13.9. The smallest absolute Gasteiger partial charge is 0.251 e. The number of ether oxygens (including phenoxy) is 1. The molecule has 1 amide bonds. The predicted octanol–water partition coefficient (Wildman–Crippen LogP) is 1.55. The number of amides is 1. The Hall–Kier alpha value is -1.66. The number of aliphatic hydroxyl groups is 1. The SMILES string of the molecule is CCC(O)CCNC(=O)c1ccc(N2CCOCC2)c(F)c1. The molecule has 0 saturated carbocycles. The lowest BCUT2D eigenvalue weighted by molar-refractivity contribution is 0.0941. The minimum Gasteiger partial charge on any atom is -0.393 e. The van der Waals surface area contributed by atoms with E-state index in [1.54, 1.807) is 12.1 Å². The molecule has 5 nitrogen and oxygen atoms in total. The molecular formula is C16H23FN2O3. The maximum atomic E-state index is 14.2. The Morgan fingerprint density at radius 1 is 1.45 bits per heavy atom. The molecule has 1 aromatic rings. The largest absolute Gasteiger partial charge is 0.393 e. The van der Waals surface area contributed by atoms with Gasteiger partial charge in [0.2, 0.25) is 0 Å². The fourth-order valence-corrected chi connectivity index (χ4v) is 2.37. The van der Waals surface area contributed by atoms with E-state index in [4.69, 9.17) is 4.74 Å². The highest BCUT2D eigenvalue weighted by Crippen LogP contribution is 2.21. The van der Waals surface area contributed by atoms with E-state index in [0.29, 0.717) is 56.9 Å². The van der Waals surface area contributed by atoms with Crippen LogP contribution in [0.5, 0.6) is 0 Å². The highest BCUT2D eigenvalue weighted by Gasteiger charge is 2.17. The lowest BCUT2D eigenvalue weighted by Gasteiger charge is -2.29. The number of nitrogens with one attached hydrogen (secondary N) is 1. The Morgan fingerprint density at radius 3 is 2.82 bits per heavy atom. The number of halogens is 1. The number of nitrogens with zero attached hydrogens (tertiary/aromatic N) is 1. The van der Waals surface area contributed by atoms with E-state index < -0.39 is 11.9 Å². The fraction of sp³-hybridized carbons (Fsp3) is 0.562. The second-order valence-corrected chi connectivity index (χ2v) is 5.37. The van der Waals surface area contributed by atoms with Gasteiger partial charge in [0, 0.05) is 25.2 Å². The molecule has 1 atom stereocenters. The Bertz CT molecular complexity index is 504. The summed E-state index contributed by atoms with van der Waals surface area (Å²) in [6.07, 6.45) is 0.732. The minimum absolute atomic E-state index is 0.292. The highest BCUT2D eigenvalue weighted by molar-refractivity contribution is 5.94. The van der Waals surface area contributed by atoms with Crippen molar-refractivity contribution in [2.75, 3.05) is 37.7 Å². The normalized spacial score (nSPS) is 16.4. The molecule has 1 heterocycles. The molecule has 1 aromatic carbocycles. The van der Waals surface area contributed by atoms with Crippen LogP contribution in [0.4, 0.5) is 10.1 Å². The summed E-state index contributed by atoms with van der Waals surface area (Å²) < 4.78 is 19.4. The number of morpholine rings is 1. The summed E-state index contributed by atoms with van der Waals surface area (Å²) in [5.41, 5.74) is 0.793. The second kappa shape index (κ2) is 8.10. The van der Waals surface area contributed by atoms with Crippen molar-refractivity contribution in [3.05, 3.63) is 29.6 Å². The lowest BCUT2D eigenvalue weighted by atomic mass is 10.1. The van der Waals surface area contributed by atoms with Gasteiger partial charge in [-0.15, -0.1) is 0 Å². The van der Waals surface area contributed by atoms with Crippen LogP contribution in [0.3, 0.4) is 0 Å². The third kappa shape index (κ3) is 4.42. The lowest BCUT2D eigenvalue weighted by Crippen LogP contribution is -2.36. The average Bonchev–Trinajstić information content (AvgIpc) is 2.55. The summed E-state index contributed by atoms with van der Waals surface area (Å²) in [7, 11) is 0. The fourth-order valence-electron chi connectivity index (χ4n) is 2.37. The molecule has 0 aromatic heterocycles. The Morgan fingerprint density at radius 2 is 2.18 bits per heavy atom. The summed E-state index contributed by atoms with van der Waals surface area (Å²) in [6, 6.07) is 4.52. The maximum Gasteiger partial charge on any atom is 0.251 e. The van der Waals surface area contributed by atoms with Crippen molar-refractivity contribution in [2.24, 2.45) is 0 Å². The first-order valence-corrected chi connectivity index (χ1v) is 7.70. The van der Waals surface area contributed by atoms with Crippen LogP contribution in [0.2, 0.25) is 0 Å². The topological polar surface area (TPSA) is 61.8 Å². The Balaban J connectivity index is 1.94. The van der Waals surface area contributed by atoms with Crippen molar-refractivity contribution < 1.29 is 19.0 Å². The van der Waals surface area contributed by atoms with Gasteiger partial charge < -0.3 is 20.1 Å². The van der Waals surface area contributed by atoms with Gasteiger partial charge in [-0.3, -0.25) is 4.79 Å². The molecule has 0 spiro atoms. The maximum absolute atomic E-state index is 14.2. The number of hydrogen-bond acceptors (Lipinski definition) is 4. The third-order valence-corrected chi connectivity index (χ3v) is 3.80. The zero-order chi connectivity index (χ0) is 15.9. The van der Waals surface area contributed by atoms with E-state index in [1.165, 1.54) is 6.07 Å². The number of aliphatic hydroxyl groups excluding tert-OH is 1. The molecule has 122 valence electrons. The summed E-state index contributed by atoms with van der Waals surface area (Å²) in [5, 5.41) is 12.1. The van der Waals surface area contributed by atoms with E-state index in [9.17, 15) is 14.3 Å². The number of carbonyl (C=O) groups is 1. The summed E-state index contributed by atoms with van der Waals surface area (Å²) in [6.45, 7) is 4.73. The molecule has 1 unspecified atom stereocenters. The quantitative estimate of drug-likeness (QED) is 0.837. The first-order chi connectivity index (χ1) is 10.6. The van der Waals surface area contributed by atoms with Crippen LogP contribution in [0, 0.1) is 5.82 Å². The van der Waals surface area contributed by atoms with Crippen LogP contribution in [-0.2, 0) is 4.74 Å². The molecule has 2 N–H and O–H groups in total.